The van der Waals surface area contributed by atoms with Crippen LogP contribution < -0.4 is 4.74 Å². The number of rotatable bonds is 5. The van der Waals surface area contributed by atoms with Crippen LogP contribution in [0.3, 0.4) is 0 Å². The van der Waals surface area contributed by atoms with Crippen molar-refractivity contribution >= 4 is 10.9 Å². The van der Waals surface area contributed by atoms with Gasteiger partial charge in [-0.3, -0.25) is 0 Å². The maximum Gasteiger partial charge on any atom is 0.182 e. The van der Waals surface area contributed by atoms with Crippen molar-refractivity contribution in [2.24, 2.45) is 0 Å². The Bertz CT molecular complexity index is 1240. The second-order valence-electron chi connectivity index (χ2n) is 6.70. The Morgan fingerprint density at radius 3 is 2.38 bits per heavy atom. The topological polar surface area (TPSA) is 48.2 Å². The van der Waals surface area contributed by atoms with Crippen LogP contribution in [0.4, 0.5) is 0 Å². The summed E-state index contributed by atoms with van der Waals surface area (Å²) in [6.45, 7) is 0.420. The second kappa shape index (κ2) is 7.60. The van der Waals surface area contributed by atoms with Crippen molar-refractivity contribution in [3.05, 3.63) is 103 Å². The molecule has 5 rings (SSSR count). The molecule has 0 spiro atoms. The summed E-state index contributed by atoms with van der Waals surface area (Å²) in [5.74, 6) is 1.55. The third-order valence-electron chi connectivity index (χ3n) is 4.77. The Labute approximate surface area is 168 Å². The zero-order valence-corrected chi connectivity index (χ0v) is 15.7. The van der Waals surface area contributed by atoms with Crippen LogP contribution in [0.5, 0.6) is 5.75 Å². The minimum atomic E-state index is 0.420. The van der Waals surface area contributed by atoms with Crippen molar-refractivity contribution in [2.45, 2.75) is 6.61 Å². The standard InChI is InChI=1S/C25H18N2O2/c1-2-7-20(8-3-1)25-24(26-17-29-25)19-11-14-22(15-12-19)28-16-21-13-10-18-6-4-5-9-23(18)27-21/h1-15,17H,16H2. The van der Waals surface area contributed by atoms with Gasteiger partial charge in [-0.2, -0.15) is 0 Å². The lowest BCUT2D eigenvalue weighted by atomic mass is 10.1. The average molecular weight is 378 g/mol. The zero-order chi connectivity index (χ0) is 19.5. The Balaban J connectivity index is 1.32. The van der Waals surface area contributed by atoms with Crippen molar-refractivity contribution in [3.8, 4) is 28.3 Å². The lowest BCUT2D eigenvalue weighted by Crippen LogP contribution is -1.98. The van der Waals surface area contributed by atoms with E-state index in [9.17, 15) is 0 Å². The summed E-state index contributed by atoms with van der Waals surface area (Å²) in [5.41, 5.74) is 4.68. The number of fused-ring (bicyclic) bond motifs is 1. The van der Waals surface area contributed by atoms with Gasteiger partial charge in [0.2, 0.25) is 0 Å². The minimum Gasteiger partial charge on any atom is -0.487 e. The van der Waals surface area contributed by atoms with Gasteiger partial charge in [0.15, 0.2) is 12.2 Å². The van der Waals surface area contributed by atoms with E-state index in [4.69, 9.17) is 9.15 Å². The number of benzene rings is 3. The zero-order valence-electron chi connectivity index (χ0n) is 15.7. The highest BCUT2D eigenvalue weighted by molar-refractivity contribution is 5.78. The minimum absolute atomic E-state index is 0.420. The fourth-order valence-electron chi connectivity index (χ4n) is 3.30. The van der Waals surface area contributed by atoms with Gasteiger partial charge in [-0.1, -0.05) is 54.6 Å². The molecule has 0 saturated carbocycles. The lowest BCUT2D eigenvalue weighted by Gasteiger charge is -2.08. The first kappa shape index (κ1) is 17.2. The number of oxazole rings is 1. The van der Waals surface area contributed by atoms with Gasteiger partial charge < -0.3 is 9.15 Å². The van der Waals surface area contributed by atoms with Crippen molar-refractivity contribution < 1.29 is 9.15 Å². The first-order chi connectivity index (χ1) is 14.4. The Morgan fingerprint density at radius 2 is 1.52 bits per heavy atom. The first-order valence-corrected chi connectivity index (χ1v) is 9.44. The van der Waals surface area contributed by atoms with Crippen LogP contribution in [-0.4, -0.2) is 9.97 Å². The van der Waals surface area contributed by atoms with Crippen molar-refractivity contribution in [1.29, 1.82) is 0 Å². The van der Waals surface area contributed by atoms with E-state index in [1.165, 1.54) is 6.39 Å². The predicted octanol–water partition coefficient (Wildman–Crippen LogP) is 6.14. The molecule has 3 aromatic carbocycles. The summed E-state index contributed by atoms with van der Waals surface area (Å²) in [6, 6.07) is 30.0. The van der Waals surface area contributed by atoms with Crippen molar-refractivity contribution in [1.82, 2.24) is 9.97 Å². The quantitative estimate of drug-likeness (QED) is 0.369. The molecule has 29 heavy (non-hydrogen) atoms. The fourth-order valence-corrected chi connectivity index (χ4v) is 3.30. The molecule has 2 heterocycles. The monoisotopic (exact) mass is 378 g/mol. The van der Waals surface area contributed by atoms with Gasteiger partial charge >= 0.3 is 0 Å². The maximum absolute atomic E-state index is 5.92. The number of hydrogen-bond acceptors (Lipinski definition) is 4. The van der Waals surface area contributed by atoms with E-state index in [0.29, 0.717) is 6.61 Å². The Morgan fingerprint density at radius 1 is 0.724 bits per heavy atom. The summed E-state index contributed by atoms with van der Waals surface area (Å²) in [6.07, 6.45) is 1.48. The van der Waals surface area contributed by atoms with Crippen LogP contribution in [0, 0.1) is 0 Å². The van der Waals surface area contributed by atoms with E-state index in [1.807, 2.05) is 78.9 Å². The third kappa shape index (κ3) is 3.60. The number of hydrogen-bond donors (Lipinski definition) is 0. The molecule has 0 aliphatic heterocycles. The van der Waals surface area contributed by atoms with Crippen LogP contribution in [0.2, 0.25) is 0 Å². The molecule has 0 bridgehead atoms. The fraction of sp³-hybridized carbons (Fsp3) is 0.0400. The molecule has 0 unspecified atom stereocenters. The van der Waals surface area contributed by atoms with Crippen LogP contribution in [0.1, 0.15) is 5.69 Å². The second-order valence-corrected chi connectivity index (χ2v) is 6.70. The molecule has 0 amide bonds. The van der Waals surface area contributed by atoms with Crippen LogP contribution in [-0.2, 0) is 6.61 Å². The first-order valence-electron chi connectivity index (χ1n) is 9.44. The van der Waals surface area contributed by atoms with Crippen LogP contribution >= 0.6 is 0 Å². The van der Waals surface area contributed by atoms with Gasteiger partial charge in [0.25, 0.3) is 0 Å². The van der Waals surface area contributed by atoms with Gasteiger partial charge in [0, 0.05) is 16.5 Å². The summed E-state index contributed by atoms with van der Waals surface area (Å²) in [7, 11) is 0. The molecule has 0 radical (unpaired) electrons. The molecule has 0 fully saturated rings. The van der Waals surface area contributed by atoms with E-state index in [1.54, 1.807) is 0 Å². The number of nitrogens with zero attached hydrogens (tertiary/aromatic N) is 2. The normalized spacial score (nSPS) is 10.9. The van der Waals surface area contributed by atoms with E-state index in [2.05, 4.69) is 22.1 Å². The third-order valence-corrected chi connectivity index (χ3v) is 4.77. The van der Waals surface area contributed by atoms with Crippen LogP contribution in [0.15, 0.2) is 102 Å². The van der Waals surface area contributed by atoms with Gasteiger partial charge in [0.05, 0.1) is 11.2 Å². The highest BCUT2D eigenvalue weighted by Crippen LogP contribution is 2.31. The molecule has 0 atom stereocenters. The Hall–Kier alpha value is -3.92. The molecule has 140 valence electrons. The van der Waals surface area contributed by atoms with E-state index >= 15 is 0 Å². The van der Waals surface area contributed by atoms with Crippen molar-refractivity contribution in [3.63, 3.8) is 0 Å². The van der Waals surface area contributed by atoms with Gasteiger partial charge in [0.1, 0.15) is 18.1 Å². The molecule has 0 aliphatic carbocycles. The van der Waals surface area contributed by atoms with E-state index in [0.717, 1.165) is 44.9 Å². The molecule has 4 heteroatoms. The lowest BCUT2D eigenvalue weighted by molar-refractivity contribution is 0.302. The van der Waals surface area contributed by atoms with Gasteiger partial charge in [-0.05, 0) is 36.4 Å². The van der Waals surface area contributed by atoms with Crippen LogP contribution in [0.25, 0.3) is 33.5 Å². The van der Waals surface area contributed by atoms with Crippen molar-refractivity contribution in [2.75, 3.05) is 0 Å². The number of para-hydroxylation sites is 1. The largest absolute Gasteiger partial charge is 0.487 e. The highest BCUT2D eigenvalue weighted by atomic mass is 16.5. The maximum atomic E-state index is 5.92. The van der Waals surface area contributed by atoms with Gasteiger partial charge in [-0.15, -0.1) is 0 Å². The SMILES string of the molecule is c1ccc(-c2ocnc2-c2ccc(OCc3ccc4ccccc4n3)cc2)cc1. The summed E-state index contributed by atoms with van der Waals surface area (Å²) in [5, 5.41) is 1.13. The summed E-state index contributed by atoms with van der Waals surface area (Å²) >= 11 is 0. The molecule has 0 saturated heterocycles. The molecule has 0 aliphatic rings. The smallest absolute Gasteiger partial charge is 0.182 e. The summed E-state index contributed by atoms with van der Waals surface area (Å²) < 4.78 is 11.5. The number of ether oxygens (including phenoxy) is 1. The van der Waals surface area contributed by atoms with E-state index in [-0.39, 0.29) is 0 Å². The molecule has 2 aromatic heterocycles. The summed E-state index contributed by atoms with van der Waals surface area (Å²) in [4.78, 5) is 9.04. The molecule has 4 nitrogen and oxygen atoms in total. The molecule has 5 aromatic rings. The molecule has 0 N–H and O–H groups in total. The number of pyridine rings is 1. The predicted molar refractivity (Wildman–Crippen MR) is 113 cm³/mol. The molecular formula is C25H18N2O2. The highest BCUT2D eigenvalue weighted by Gasteiger charge is 2.12. The Kier molecular flexibility index (Phi) is 4.51. The number of aromatic nitrogens is 2. The van der Waals surface area contributed by atoms with E-state index < -0.39 is 0 Å². The average Bonchev–Trinajstić information content (AvgIpc) is 3.28. The molecular weight excluding hydrogens is 360 g/mol. The van der Waals surface area contributed by atoms with Gasteiger partial charge in [-0.25, -0.2) is 9.97 Å².